The van der Waals surface area contributed by atoms with Gasteiger partial charge in [0.05, 0.1) is 0 Å². The van der Waals surface area contributed by atoms with Gasteiger partial charge in [0.25, 0.3) is 0 Å². The predicted octanol–water partition coefficient (Wildman–Crippen LogP) is 4.05. The second-order valence-electron chi connectivity index (χ2n) is 5.08. The monoisotopic (exact) mass is 383 g/mol. The Hall–Kier alpha value is -0.940. The molecule has 20 heavy (non-hydrogen) atoms. The molecule has 0 radical (unpaired) electrons. The van der Waals surface area contributed by atoms with E-state index >= 15 is 0 Å². The molecule has 0 heterocycles. The van der Waals surface area contributed by atoms with E-state index in [0.717, 1.165) is 19.4 Å². The van der Waals surface area contributed by atoms with Gasteiger partial charge >= 0.3 is 0 Å². The van der Waals surface area contributed by atoms with Crippen LogP contribution in [0.3, 0.4) is 0 Å². The second-order valence-corrected chi connectivity index (χ2v) is 6.33. The van der Waals surface area contributed by atoms with E-state index in [1.165, 1.54) is 26.8 Å². The quantitative estimate of drug-likeness (QED) is 0.743. The Morgan fingerprint density at radius 2 is 1.45 bits per heavy atom. The van der Waals surface area contributed by atoms with Crippen LogP contribution in [0.25, 0.3) is 0 Å². The molecule has 0 aliphatic heterocycles. The van der Waals surface area contributed by atoms with Crippen molar-refractivity contribution in [3.05, 3.63) is 69.0 Å². The fourth-order valence-corrected chi connectivity index (χ4v) is 2.77. The molecule has 2 aromatic rings. The van der Waals surface area contributed by atoms with Crippen molar-refractivity contribution in [2.75, 3.05) is 13.6 Å². The molecule has 0 fully saturated rings. The van der Waals surface area contributed by atoms with Gasteiger partial charge in [0, 0.05) is 3.57 Å². The van der Waals surface area contributed by atoms with Gasteiger partial charge < -0.3 is 5.32 Å². The number of halogens is 2. The summed E-state index contributed by atoms with van der Waals surface area (Å²) in [5.74, 6) is 0.349. The van der Waals surface area contributed by atoms with Crippen LogP contribution < -0.4 is 5.32 Å². The molecule has 0 bridgehead atoms. The minimum Gasteiger partial charge on any atom is -0.319 e. The van der Waals surface area contributed by atoms with Crippen LogP contribution in [-0.2, 0) is 12.8 Å². The molecule has 0 aliphatic carbocycles. The van der Waals surface area contributed by atoms with Gasteiger partial charge in [-0.25, -0.2) is 4.39 Å². The number of rotatable bonds is 6. The van der Waals surface area contributed by atoms with Crippen molar-refractivity contribution >= 4 is 22.6 Å². The van der Waals surface area contributed by atoms with E-state index in [4.69, 9.17) is 0 Å². The zero-order chi connectivity index (χ0) is 14.4. The average Bonchev–Trinajstić information content (AvgIpc) is 2.44. The maximum Gasteiger partial charge on any atom is 0.123 e. The highest BCUT2D eigenvalue weighted by Gasteiger charge is 2.10. The summed E-state index contributed by atoms with van der Waals surface area (Å²) in [7, 11) is 1.98. The molecule has 2 aromatic carbocycles. The van der Waals surface area contributed by atoms with Crippen LogP contribution in [0.15, 0.2) is 48.5 Å². The maximum absolute atomic E-state index is 12.9. The van der Waals surface area contributed by atoms with Crippen molar-refractivity contribution in [2.24, 2.45) is 5.92 Å². The third-order valence-corrected chi connectivity index (χ3v) is 4.09. The predicted molar refractivity (Wildman–Crippen MR) is 90.4 cm³/mol. The maximum atomic E-state index is 12.9. The molecule has 0 aliphatic rings. The Bertz CT molecular complexity index is 474. The normalized spacial score (nSPS) is 12.3. The van der Waals surface area contributed by atoms with Crippen LogP contribution in [0, 0.1) is 15.3 Å². The largest absolute Gasteiger partial charge is 0.319 e. The molecular formula is C17H19FIN. The Morgan fingerprint density at radius 3 is 1.95 bits per heavy atom. The number of nitrogens with one attached hydrogen (secondary N) is 1. The lowest BCUT2D eigenvalue weighted by atomic mass is 9.92. The third-order valence-electron chi connectivity index (χ3n) is 3.37. The molecule has 1 nitrogen and oxygen atoms in total. The minimum absolute atomic E-state index is 0.170. The van der Waals surface area contributed by atoms with E-state index in [1.54, 1.807) is 0 Å². The van der Waals surface area contributed by atoms with Gasteiger partial charge in [-0.15, -0.1) is 0 Å². The van der Waals surface area contributed by atoms with Gasteiger partial charge in [0.15, 0.2) is 0 Å². The van der Waals surface area contributed by atoms with Crippen LogP contribution in [0.4, 0.5) is 4.39 Å². The van der Waals surface area contributed by atoms with E-state index in [2.05, 4.69) is 52.2 Å². The SMILES string of the molecule is CNCC(Cc1ccc(F)cc1)Cc1ccc(I)cc1. The highest BCUT2D eigenvalue weighted by Crippen LogP contribution is 2.16. The molecule has 0 spiro atoms. The molecule has 0 amide bonds. The first-order chi connectivity index (χ1) is 9.67. The third kappa shape index (κ3) is 4.87. The number of hydrogen-bond donors (Lipinski definition) is 1. The van der Waals surface area contributed by atoms with E-state index in [-0.39, 0.29) is 5.82 Å². The summed E-state index contributed by atoms with van der Waals surface area (Å²) in [5.41, 5.74) is 2.55. The minimum atomic E-state index is -0.170. The molecule has 0 saturated heterocycles. The Kier molecular flexibility index (Phi) is 5.98. The zero-order valence-electron chi connectivity index (χ0n) is 11.6. The van der Waals surface area contributed by atoms with E-state index < -0.39 is 0 Å². The highest BCUT2D eigenvalue weighted by molar-refractivity contribution is 14.1. The van der Waals surface area contributed by atoms with Crippen molar-refractivity contribution in [2.45, 2.75) is 12.8 Å². The molecule has 1 N–H and O–H groups in total. The van der Waals surface area contributed by atoms with Crippen molar-refractivity contribution in [1.82, 2.24) is 5.32 Å². The summed E-state index contributed by atoms with van der Waals surface area (Å²) in [6, 6.07) is 15.5. The lowest BCUT2D eigenvalue weighted by Crippen LogP contribution is -2.22. The first-order valence-electron chi connectivity index (χ1n) is 6.81. The van der Waals surface area contributed by atoms with E-state index in [0.29, 0.717) is 5.92 Å². The van der Waals surface area contributed by atoms with Gasteiger partial charge in [-0.05, 0) is 90.3 Å². The summed E-state index contributed by atoms with van der Waals surface area (Å²) in [6.07, 6.45) is 2.00. The van der Waals surface area contributed by atoms with Crippen LogP contribution in [0.2, 0.25) is 0 Å². The molecule has 1 atom stereocenters. The van der Waals surface area contributed by atoms with Crippen molar-refractivity contribution in [3.8, 4) is 0 Å². The van der Waals surface area contributed by atoms with Crippen LogP contribution in [0.1, 0.15) is 11.1 Å². The topological polar surface area (TPSA) is 12.0 Å². The van der Waals surface area contributed by atoms with Gasteiger partial charge in [-0.2, -0.15) is 0 Å². The van der Waals surface area contributed by atoms with Crippen molar-refractivity contribution < 1.29 is 4.39 Å². The van der Waals surface area contributed by atoms with Crippen molar-refractivity contribution in [3.63, 3.8) is 0 Å². The van der Waals surface area contributed by atoms with Crippen LogP contribution in [-0.4, -0.2) is 13.6 Å². The van der Waals surface area contributed by atoms with Gasteiger partial charge in [0.1, 0.15) is 5.82 Å². The standard InChI is InChI=1S/C17H19FIN/c1-20-12-15(10-13-2-6-16(18)7-3-13)11-14-4-8-17(19)9-5-14/h2-9,15,20H,10-12H2,1H3. The fourth-order valence-electron chi connectivity index (χ4n) is 2.41. The Balaban J connectivity index is 2.02. The van der Waals surface area contributed by atoms with Gasteiger partial charge in [-0.1, -0.05) is 24.3 Å². The van der Waals surface area contributed by atoms with Crippen molar-refractivity contribution in [1.29, 1.82) is 0 Å². The summed E-state index contributed by atoms with van der Waals surface area (Å²) < 4.78 is 14.2. The van der Waals surface area contributed by atoms with Gasteiger partial charge in [-0.3, -0.25) is 0 Å². The molecule has 0 saturated carbocycles. The van der Waals surface area contributed by atoms with Crippen LogP contribution in [0.5, 0.6) is 0 Å². The zero-order valence-corrected chi connectivity index (χ0v) is 13.7. The summed E-state index contributed by atoms with van der Waals surface area (Å²) >= 11 is 2.32. The molecular weight excluding hydrogens is 364 g/mol. The van der Waals surface area contributed by atoms with Crippen LogP contribution >= 0.6 is 22.6 Å². The number of benzene rings is 2. The first kappa shape index (κ1) is 15.4. The molecule has 106 valence electrons. The van der Waals surface area contributed by atoms with E-state index in [1.807, 2.05) is 19.2 Å². The number of hydrogen-bond acceptors (Lipinski definition) is 1. The molecule has 1 unspecified atom stereocenters. The average molecular weight is 383 g/mol. The Morgan fingerprint density at radius 1 is 0.950 bits per heavy atom. The first-order valence-corrected chi connectivity index (χ1v) is 7.88. The Labute approximate surface area is 133 Å². The molecule has 0 aromatic heterocycles. The fraction of sp³-hybridized carbons (Fsp3) is 0.294. The summed E-state index contributed by atoms with van der Waals surface area (Å²) in [5, 5.41) is 3.26. The smallest absolute Gasteiger partial charge is 0.123 e. The summed E-state index contributed by atoms with van der Waals surface area (Å²) in [4.78, 5) is 0. The lowest BCUT2D eigenvalue weighted by Gasteiger charge is -2.17. The van der Waals surface area contributed by atoms with E-state index in [9.17, 15) is 4.39 Å². The summed E-state index contributed by atoms with van der Waals surface area (Å²) in [6.45, 7) is 0.962. The molecule has 3 heteroatoms. The highest BCUT2D eigenvalue weighted by atomic mass is 127. The molecule has 2 rings (SSSR count). The second kappa shape index (κ2) is 7.74. The van der Waals surface area contributed by atoms with Gasteiger partial charge in [0.2, 0.25) is 0 Å². The lowest BCUT2D eigenvalue weighted by molar-refractivity contribution is 0.492.